The van der Waals surface area contributed by atoms with Gasteiger partial charge in [-0.1, -0.05) is 30.6 Å². The van der Waals surface area contributed by atoms with E-state index in [1.54, 1.807) is 0 Å². The van der Waals surface area contributed by atoms with Gasteiger partial charge >= 0.3 is 0 Å². The SMILES string of the molecule is CCC(C)Cc1nonc1C. The molecule has 1 unspecified atom stereocenters. The van der Waals surface area contributed by atoms with Crippen LogP contribution < -0.4 is 0 Å². The third kappa shape index (κ3) is 2.03. The number of aryl methyl sites for hydroxylation is 1. The summed E-state index contributed by atoms with van der Waals surface area (Å²) in [5.74, 6) is 0.667. The van der Waals surface area contributed by atoms with Crippen molar-refractivity contribution >= 4 is 0 Å². The monoisotopic (exact) mass is 154 g/mol. The molecule has 0 radical (unpaired) electrons. The van der Waals surface area contributed by atoms with Crippen molar-refractivity contribution in [3.8, 4) is 0 Å². The molecule has 0 spiro atoms. The molecule has 11 heavy (non-hydrogen) atoms. The first kappa shape index (κ1) is 8.24. The number of rotatable bonds is 3. The number of hydrogen-bond acceptors (Lipinski definition) is 3. The summed E-state index contributed by atoms with van der Waals surface area (Å²) in [6, 6.07) is 0. The van der Waals surface area contributed by atoms with Gasteiger partial charge in [-0.05, 0) is 19.3 Å². The van der Waals surface area contributed by atoms with Gasteiger partial charge in [-0.2, -0.15) is 0 Å². The van der Waals surface area contributed by atoms with Crippen molar-refractivity contribution in [1.29, 1.82) is 0 Å². The van der Waals surface area contributed by atoms with Gasteiger partial charge in [0, 0.05) is 0 Å². The Bertz CT molecular complexity index is 220. The lowest BCUT2D eigenvalue weighted by Gasteiger charge is -2.03. The second-order valence-electron chi connectivity index (χ2n) is 3.01. The Balaban J connectivity index is 2.56. The summed E-state index contributed by atoms with van der Waals surface area (Å²) in [4.78, 5) is 0. The van der Waals surface area contributed by atoms with Crippen LogP contribution in [0.4, 0.5) is 0 Å². The van der Waals surface area contributed by atoms with E-state index < -0.39 is 0 Å². The quantitative estimate of drug-likeness (QED) is 0.668. The molecule has 1 heterocycles. The molecule has 0 fully saturated rings. The topological polar surface area (TPSA) is 38.9 Å². The maximum Gasteiger partial charge on any atom is 0.108 e. The Hall–Kier alpha value is -0.860. The molecular formula is C8H14N2O. The van der Waals surface area contributed by atoms with Crippen LogP contribution >= 0.6 is 0 Å². The summed E-state index contributed by atoms with van der Waals surface area (Å²) >= 11 is 0. The third-order valence-electron chi connectivity index (χ3n) is 1.99. The highest BCUT2D eigenvalue weighted by Gasteiger charge is 2.08. The first-order valence-corrected chi connectivity index (χ1v) is 4.02. The molecule has 0 saturated heterocycles. The van der Waals surface area contributed by atoms with Gasteiger partial charge in [0.25, 0.3) is 0 Å². The van der Waals surface area contributed by atoms with E-state index >= 15 is 0 Å². The largest absolute Gasteiger partial charge is 0.244 e. The summed E-state index contributed by atoms with van der Waals surface area (Å²) < 4.78 is 4.59. The number of hydrogen-bond donors (Lipinski definition) is 0. The maximum atomic E-state index is 4.59. The van der Waals surface area contributed by atoms with Crippen LogP contribution in [-0.2, 0) is 6.42 Å². The molecule has 0 amide bonds. The van der Waals surface area contributed by atoms with Gasteiger partial charge in [0.1, 0.15) is 11.4 Å². The van der Waals surface area contributed by atoms with Crippen LogP contribution in [0.15, 0.2) is 4.63 Å². The Kier molecular flexibility index (Phi) is 2.63. The zero-order valence-corrected chi connectivity index (χ0v) is 7.29. The van der Waals surface area contributed by atoms with Crippen LogP contribution in [0.1, 0.15) is 31.7 Å². The fourth-order valence-corrected chi connectivity index (χ4v) is 0.909. The van der Waals surface area contributed by atoms with Gasteiger partial charge < -0.3 is 0 Å². The van der Waals surface area contributed by atoms with Gasteiger partial charge in [-0.15, -0.1) is 0 Å². The summed E-state index contributed by atoms with van der Waals surface area (Å²) in [7, 11) is 0. The standard InChI is InChI=1S/C8H14N2O/c1-4-6(2)5-8-7(3)9-11-10-8/h6H,4-5H2,1-3H3. The summed E-state index contributed by atoms with van der Waals surface area (Å²) in [5.41, 5.74) is 1.92. The molecule has 1 aromatic heterocycles. The van der Waals surface area contributed by atoms with E-state index in [-0.39, 0.29) is 0 Å². The van der Waals surface area contributed by atoms with Gasteiger partial charge in [0.15, 0.2) is 0 Å². The van der Waals surface area contributed by atoms with E-state index in [0.29, 0.717) is 5.92 Å². The average molecular weight is 154 g/mol. The van der Waals surface area contributed by atoms with Gasteiger partial charge in [0.2, 0.25) is 0 Å². The van der Waals surface area contributed by atoms with E-state index in [2.05, 4.69) is 28.8 Å². The molecule has 1 aromatic rings. The first-order valence-electron chi connectivity index (χ1n) is 4.02. The minimum atomic E-state index is 0.667. The first-order chi connectivity index (χ1) is 5.24. The van der Waals surface area contributed by atoms with Crippen molar-refractivity contribution in [2.45, 2.75) is 33.6 Å². The molecule has 3 heteroatoms. The van der Waals surface area contributed by atoms with E-state index in [1.165, 1.54) is 6.42 Å². The Morgan fingerprint density at radius 2 is 2.18 bits per heavy atom. The van der Waals surface area contributed by atoms with Crippen molar-refractivity contribution in [2.75, 3.05) is 0 Å². The van der Waals surface area contributed by atoms with Crippen molar-refractivity contribution < 1.29 is 4.63 Å². The molecule has 0 saturated carbocycles. The molecule has 3 nitrogen and oxygen atoms in total. The second-order valence-corrected chi connectivity index (χ2v) is 3.01. The molecule has 0 N–H and O–H groups in total. The summed E-state index contributed by atoms with van der Waals surface area (Å²) in [6.07, 6.45) is 2.15. The number of nitrogens with zero attached hydrogens (tertiary/aromatic N) is 2. The molecular weight excluding hydrogens is 140 g/mol. The average Bonchev–Trinajstić information content (AvgIpc) is 2.37. The minimum absolute atomic E-state index is 0.667. The molecule has 62 valence electrons. The maximum absolute atomic E-state index is 4.59. The van der Waals surface area contributed by atoms with E-state index in [1.807, 2.05) is 6.92 Å². The van der Waals surface area contributed by atoms with Crippen LogP contribution in [0.5, 0.6) is 0 Å². The highest BCUT2D eigenvalue weighted by atomic mass is 16.6. The van der Waals surface area contributed by atoms with Crippen LogP contribution in [0.25, 0.3) is 0 Å². The van der Waals surface area contributed by atoms with Crippen molar-refractivity contribution in [3.63, 3.8) is 0 Å². The van der Waals surface area contributed by atoms with Crippen molar-refractivity contribution in [2.24, 2.45) is 5.92 Å². The zero-order chi connectivity index (χ0) is 8.27. The highest BCUT2D eigenvalue weighted by molar-refractivity contribution is 5.04. The summed E-state index contributed by atoms with van der Waals surface area (Å²) in [5, 5.41) is 7.54. The fraction of sp³-hybridized carbons (Fsp3) is 0.750. The predicted molar refractivity (Wildman–Crippen MR) is 42.2 cm³/mol. The van der Waals surface area contributed by atoms with Gasteiger partial charge in [0.05, 0.1) is 0 Å². The van der Waals surface area contributed by atoms with Gasteiger partial charge in [-0.25, -0.2) is 4.63 Å². The molecule has 0 aliphatic rings. The Morgan fingerprint density at radius 1 is 1.45 bits per heavy atom. The molecule has 0 aliphatic heterocycles. The lowest BCUT2D eigenvalue weighted by molar-refractivity contribution is 0.299. The van der Waals surface area contributed by atoms with E-state index in [4.69, 9.17) is 0 Å². The number of aromatic nitrogens is 2. The van der Waals surface area contributed by atoms with E-state index in [0.717, 1.165) is 17.8 Å². The van der Waals surface area contributed by atoms with Crippen LogP contribution in [0, 0.1) is 12.8 Å². The lowest BCUT2D eigenvalue weighted by Crippen LogP contribution is -1.99. The van der Waals surface area contributed by atoms with Crippen molar-refractivity contribution in [3.05, 3.63) is 11.4 Å². The lowest BCUT2D eigenvalue weighted by atomic mass is 10.0. The smallest absolute Gasteiger partial charge is 0.108 e. The second kappa shape index (κ2) is 3.51. The van der Waals surface area contributed by atoms with Gasteiger partial charge in [-0.3, -0.25) is 0 Å². The van der Waals surface area contributed by atoms with Crippen LogP contribution in [0.2, 0.25) is 0 Å². The minimum Gasteiger partial charge on any atom is -0.244 e. The Morgan fingerprint density at radius 3 is 2.64 bits per heavy atom. The zero-order valence-electron chi connectivity index (χ0n) is 7.29. The van der Waals surface area contributed by atoms with Crippen LogP contribution in [-0.4, -0.2) is 10.3 Å². The van der Waals surface area contributed by atoms with E-state index in [9.17, 15) is 0 Å². The normalized spacial score (nSPS) is 13.4. The molecule has 1 rings (SSSR count). The fourth-order valence-electron chi connectivity index (χ4n) is 0.909. The summed E-state index contributed by atoms with van der Waals surface area (Å²) in [6.45, 7) is 6.30. The molecule has 1 atom stereocenters. The third-order valence-corrected chi connectivity index (χ3v) is 1.99. The Labute approximate surface area is 66.8 Å². The molecule has 0 aliphatic carbocycles. The predicted octanol–water partition coefficient (Wildman–Crippen LogP) is 1.97. The van der Waals surface area contributed by atoms with Crippen LogP contribution in [0.3, 0.4) is 0 Å². The molecule has 0 bridgehead atoms. The van der Waals surface area contributed by atoms with Crippen molar-refractivity contribution in [1.82, 2.24) is 10.3 Å². The molecule has 0 aromatic carbocycles. The highest BCUT2D eigenvalue weighted by Crippen LogP contribution is 2.11.